The molecule has 3 rings (SSSR count). The van der Waals surface area contributed by atoms with Crippen LogP contribution >= 0.6 is 0 Å². The molecule has 0 aliphatic carbocycles. The highest BCUT2D eigenvalue weighted by molar-refractivity contribution is 6.08. The summed E-state index contributed by atoms with van der Waals surface area (Å²) in [6.45, 7) is 1.19. The summed E-state index contributed by atoms with van der Waals surface area (Å²) in [5.41, 5.74) is 1.64. The van der Waals surface area contributed by atoms with Gasteiger partial charge in [-0.2, -0.15) is 5.01 Å². The van der Waals surface area contributed by atoms with Crippen LogP contribution in [0.25, 0.3) is 0 Å². The Hall–Kier alpha value is -3.55. The summed E-state index contributed by atoms with van der Waals surface area (Å²) in [6.07, 6.45) is 0. The van der Waals surface area contributed by atoms with Crippen molar-refractivity contribution in [2.75, 3.05) is 13.7 Å². The molecule has 0 unspecified atom stereocenters. The summed E-state index contributed by atoms with van der Waals surface area (Å²) in [6, 6.07) is 14.9. The standard InChI is InChI=1S/C19H19N3O5/c1-19(13-8-4-3-5-9-13)17(24)22(18(25)20-19)21-16(23)12-27-15-11-7-6-10-14(15)26-2/h3-11H,12H2,1-2H3,(H,20,25)(H,21,23)/t19-/m0/s1. The summed E-state index contributed by atoms with van der Waals surface area (Å²) in [5, 5.41) is 3.27. The third-order valence-corrected chi connectivity index (χ3v) is 4.21. The number of methoxy groups -OCH3 is 1. The van der Waals surface area contributed by atoms with Crippen molar-refractivity contribution in [1.29, 1.82) is 0 Å². The van der Waals surface area contributed by atoms with E-state index in [0.29, 0.717) is 22.1 Å². The third-order valence-electron chi connectivity index (χ3n) is 4.21. The number of nitrogens with zero attached hydrogens (tertiary/aromatic N) is 1. The maximum atomic E-state index is 12.7. The summed E-state index contributed by atoms with van der Waals surface area (Å²) >= 11 is 0. The van der Waals surface area contributed by atoms with Gasteiger partial charge < -0.3 is 14.8 Å². The number of ether oxygens (including phenoxy) is 2. The van der Waals surface area contributed by atoms with E-state index in [1.807, 2.05) is 6.07 Å². The summed E-state index contributed by atoms with van der Waals surface area (Å²) in [5.74, 6) is -0.385. The Balaban J connectivity index is 1.66. The second-order valence-electron chi connectivity index (χ2n) is 6.04. The number of urea groups is 1. The Morgan fingerprint density at radius 2 is 1.70 bits per heavy atom. The van der Waals surface area contributed by atoms with Gasteiger partial charge in [-0.3, -0.25) is 15.0 Å². The molecular weight excluding hydrogens is 350 g/mol. The lowest BCUT2D eigenvalue weighted by Crippen LogP contribution is -2.49. The van der Waals surface area contributed by atoms with Crippen LogP contribution in [0.15, 0.2) is 54.6 Å². The van der Waals surface area contributed by atoms with Gasteiger partial charge in [0.15, 0.2) is 18.1 Å². The Bertz CT molecular complexity index is 871. The molecule has 0 bridgehead atoms. The van der Waals surface area contributed by atoms with Crippen LogP contribution in [0.5, 0.6) is 11.5 Å². The predicted molar refractivity (Wildman–Crippen MR) is 95.8 cm³/mol. The van der Waals surface area contributed by atoms with Crippen molar-refractivity contribution in [3.63, 3.8) is 0 Å². The van der Waals surface area contributed by atoms with Crippen LogP contribution in [0.3, 0.4) is 0 Å². The molecule has 1 heterocycles. The Kier molecular flexibility index (Phi) is 4.98. The van der Waals surface area contributed by atoms with E-state index >= 15 is 0 Å². The van der Waals surface area contributed by atoms with Crippen LogP contribution in [0, 0.1) is 0 Å². The second kappa shape index (κ2) is 7.36. The zero-order chi connectivity index (χ0) is 19.4. The number of benzene rings is 2. The van der Waals surface area contributed by atoms with Gasteiger partial charge in [-0.25, -0.2) is 4.79 Å². The Morgan fingerprint density at radius 3 is 2.37 bits per heavy atom. The predicted octanol–water partition coefficient (Wildman–Crippen LogP) is 1.57. The number of hydrogen-bond acceptors (Lipinski definition) is 5. The number of amides is 4. The number of hydrazine groups is 1. The van der Waals surface area contributed by atoms with E-state index in [1.54, 1.807) is 55.5 Å². The minimum atomic E-state index is -1.25. The lowest BCUT2D eigenvalue weighted by molar-refractivity contribution is -0.139. The SMILES string of the molecule is COc1ccccc1OCC(=O)NN1C(=O)N[C@@](C)(c2ccccc2)C1=O. The van der Waals surface area contributed by atoms with Gasteiger partial charge in [0.25, 0.3) is 11.8 Å². The summed E-state index contributed by atoms with van der Waals surface area (Å²) in [7, 11) is 1.49. The molecule has 1 saturated heterocycles. The number of para-hydroxylation sites is 2. The molecular formula is C19H19N3O5. The summed E-state index contributed by atoms with van der Waals surface area (Å²) in [4.78, 5) is 37.1. The second-order valence-corrected chi connectivity index (χ2v) is 6.04. The van der Waals surface area contributed by atoms with Crippen molar-refractivity contribution >= 4 is 17.8 Å². The number of imide groups is 1. The number of carbonyl (C=O) groups is 3. The number of rotatable bonds is 6. The fourth-order valence-electron chi connectivity index (χ4n) is 2.75. The Morgan fingerprint density at radius 1 is 1.07 bits per heavy atom. The smallest absolute Gasteiger partial charge is 0.344 e. The van der Waals surface area contributed by atoms with Crippen LogP contribution in [0.2, 0.25) is 0 Å². The lowest BCUT2D eigenvalue weighted by atomic mass is 9.92. The van der Waals surface area contributed by atoms with Crippen LogP contribution in [-0.2, 0) is 15.1 Å². The van der Waals surface area contributed by atoms with E-state index in [9.17, 15) is 14.4 Å². The van der Waals surface area contributed by atoms with Crippen LogP contribution < -0.4 is 20.2 Å². The minimum Gasteiger partial charge on any atom is -0.493 e. The molecule has 0 spiro atoms. The third kappa shape index (κ3) is 3.55. The maximum Gasteiger partial charge on any atom is 0.344 e. The number of hydrogen-bond donors (Lipinski definition) is 2. The number of carbonyl (C=O) groups excluding carboxylic acids is 3. The molecule has 1 atom stereocenters. The highest BCUT2D eigenvalue weighted by atomic mass is 16.5. The fourth-order valence-corrected chi connectivity index (χ4v) is 2.75. The molecule has 8 heteroatoms. The molecule has 1 aliphatic heterocycles. The van der Waals surface area contributed by atoms with Crippen molar-refractivity contribution in [3.05, 3.63) is 60.2 Å². The minimum absolute atomic E-state index is 0.376. The average Bonchev–Trinajstić information content (AvgIpc) is 2.91. The molecule has 140 valence electrons. The van der Waals surface area contributed by atoms with Crippen LogP contribution in [0.4, 0.5) is 4.79 Å². The van der Waals surface area contributed by atoms with Crippen molar-refractivity contribution < 1.29 is 23.9 Å². The average molecular weight is 369 g/mol. The molecule has 0 aromatic heterocycles. The number of nitrogens with one attached hydrogen (secondary N) is 2. The van der Waals surface area contributed by atoms with E-state index in [1.165, 1.54) is 7.11 Å². The van der Waals surface area contributed by atoms with E-state index in [-0.39, 0.29) is 6.61 Å². The highest BCUT2D eigenvalue weighted by Gasteiger charge is 2.49. The van der Waals surface area contributed by atoms with Crippen molar-refractivity contribution in [2.45, 2.75) is 12.5 Å². The topological polar surface area (TPSA) is 97.0 Å². The molecule has 2 aromatic rings. The lowest BCUT2D eigenvalue weighted by Gasteiger charge is -2.22. The maximum absolute atomic E-state index is 12.7. The van der Waals surface area contributed by atoms with Gasteiger partial charge in [-0.15, -0.1) is 0 Å². The van der Waals surface area contributed by atoms with Gasteiger partial charge >= 0.3 is 6.03 Å². The Labute approximate surface area is 156 Å². The van der Waals surface area contributed by atoms with E-state index in [4.69, 9.17) is 9.47 Å². The molecule has 2 N–H and O–H groups in total. The van der Waals surface area contributed by atoms with Crippen molar-refractivity contribution in [1.82, 2.24) is 15.8 Å². The summed E-state index contributed by atoms with van der Waals surface area (Å²) < 4.78 is 10.5. The molecule has 0 saturated carbocycles. The van der Waals surface area contributed by atoms with Gasteiger partial charge in [0.05, 0.1) is 7.11 Å². The van der Waals surface area contributed by atoms with Gasteiger partial charge in [0.2, 0.25) is 0 Å². The first-order chi connectivity index (χ1) is 13.0. The van der Waals surface area contributed by atoms with Gasteiger partial charge in [0, 0.05) is 0 Å². The molecule has 0 radical (unpaired) electrons. The van der Waals surface area contributed by atoms with E-state index in [0.717, 1.165) is 0 Å². The zero-order valence-corrected chi connectivity index (χ0v) is 14.9. The molecule has 8 nitrogen and oxygen atoms in total. The molecule has 1 aliphatic rings. The van der Waals surface area contributed by atoms with E-state index < -0.39 is 23.4 Å². The molecule has 27 heavy (non-hydrogen) atoms. The normalized spacial score (nSPS) is 18.8. The molecule has 1 fully saturated rings. The van der Waals surface area contributed by atoms with Crippen LogP contribution in [-0.4, -0.2) is 36.6 Å². The van der Waals surface area contributed by atoms with Gasteiger partial charge in [-0.05, 0) is 24.6 Å². The van der Waals surface area contributed by atoms with E-state index in [2.05, 4.69) is 10.7 Å². The zero-order valence-electron chi connectivity index (χ0n) is 14.9. The molecule has 2 aromatic carbocycles. The quantitative estimate of drug-likeness (QED) is 0.754. The largest absolute Gasteiger partial charge is 0.493 e. The van der Waals surface area contributed by atoms with Crippen molar-refractivity contribution in [3.8, 4) is 11.5 Å². The van der Waals surface area contributed by atoms with Gasteiger partial charge in [-0.1, -0.05) is 42.5 Å². The fraction of sp³-hybridized carbons (Fsp3) is 0.211. The van der Waals surface area contributed by atoms with Crippen molar-refractivity contribution in [2.24, 2.45) is 0 Å². The first-order valence-corrected chi connectivity index (χ1v) is 8.23. The monoisotopic (exact) mass is 369 g/mol. The highest BCUT2D eigenvalue weighted by Crippen LogP contribution is 2.28. The first kappa shape index (κ1) is 18.2. The first-order valence-electron chi connectivity index (χ1n) is 8.23. The van der Waals surface area contributed by atoms with Crippen LogP contribution in [0.1, 0.15) is 12.5 Å². The van der Waals surface area contributed by atoms with Gasteiger partial charge in [0.1, 0.15) is 5.54 Å². The molecule has 4 amide bonds.